The lowest BCUT2D eigenvalue weighted by Gasteiger charge is -2.18. The maximum absolute atomic E-state index is 12.0. The van der Waals surface area contributed by atoms with Crippen LogP contribution in [0, 0.1) is 12.3 Å². The van der Waals surface area contributed by atoms with E-state index in [4.69, 9.17) is 9.84 Å². The number of ether oxygens (including phenoxy) is 1. The Bertz CT molecular complexity index is 475. The summed E-state index contributed by atoms with van der Waals surface area (Å²) in [6.07, 6.45) is -0.0197. The average molecular weight is 250 g/mol. The van der Waals surface area contributed by atoms with Gasteiger partial charge in [0.1, 0.15) is 5.75 Å². The Balaban J connectivity index is 2.92. The predicted molar refractivity (Wildman–Crippen MR) is 68.1 cm³/mol. The van der Waals surface area contributed by atoms with E-state index in [0.717, 1.165) is 5.56 Å². The van der Waals surface area contributed by atoms with Gasteiger partial charge >= 0.3 is 5.97 Å². The van der Waals surface area contributed by atoms with E-state index in [1.807, 2.05) is 6.92 Å². The van der Waals surface area contributed by atoms with E-state index in [0.29, 0.717) is 11.3 Å². The van der Waals surface area contributed by atoms with Crippen LogP contribution in [0.2, 0.25) is 0 Å². The van der Waals surface area contributed by atoms with Gasteiger partial charge in [-0.1, -0.05) is 0 Å². The van der Waals surface area contributed by atoms with Gasteiger partial charge in [0.15, 0.2) is 5.78 Å². The maximum atomic E-state index is 12.0. The summed E-state index contributed by atoms with van der Waals surface area (Å²) in [6.45, 7) is 4.94. The van der Waals surface area contributed by atoms with E-state index in [-0.39, 0.29) is 12.2 Å². The standard InChI is InChI=1S/C14H18O4/c1-9-7-10(5-6-12(9)18-4)11(15)8-14(2,3)13(16)17/h5-7H,8H2,1-4H3,(H,16,17). The summed E-state index contributed by atoms with van der Waals surface area (Å²) in [5.74, 6) is -0.432. The highest BCUT2D eigenvalue weighted by Crippen LogP contribution is 2.25. The Kier molecular flexibility index (Phi) is 4.11. The van der Waals surface area contributed by atoms with Crippen molar-refractivity contribution in [1.29, 1.82) is 0 Å². The van der Waals surface area contributed by atoms with Crippen LogP contribution in [0.25, 0.3) is 0 Å². The van der Waals surface area contributed by atoms with Gasteiger partial charge in [0, 0.05) is 12.0 Å². The van der Waals surface area contributed by atoms with Crippen molar-refractivity contribution in [3.63, 3.8) is 0 Å². The quantitative estimate of drug-likeness (QED) is 0.816. The molecule has 18 heavy (non-hydrogen) atoms. The number of benzene rings is 1. The van der Waals surface area contributed by atoms with E-state index in [1.165, 1.54) is 0 Å². The molecule has 0 fully saturated rings. The van der Waals surface area contributed by atoms with Gasteiger partial charge in [0.05, 0.1) is 12.5 Å². The summed E-state index contributed by atoms with van der Waals surface area (Å²) in [5, 5.41) is 9.00. The highest BCUT2D eigenvalue weighted by molar-refractivity contribution is 5.99. The number of aryl methyl sites for hydroxylation is 1. The summed E-state index contributed by atoms with van der Waals surface area (Å²) in [6, 6.07) is 5.10. The van der Waals surface area contributed by atoms with Crippen LogP contribution in [-0.4, -0.2) is 24.0 Å². The highest BCUT2D eigenvalue weighted by Gasteiger charge is 2.30. The smallest absolute Gasteiger partial charge is 0.309 e. The van der Waals surface area contributed by atoms with E-state index < -0.39 is 11.4 Å². The third-order valence-corrected chi connectivity index (χ3v) is 2.90. The summed E-state index contributed by atoms with van der Waals surface area (Å²) in [5.41, 5.74) is 0.323. The van der Waals surface area contributed by atoms with Crippen LogP contribution in [0.15, 0.2) is 18.2 Å². The first-order valence-corrected chi connectivity index (χ1v) is 5.69. The number of hydrogen-bond acceptors (Lipinski definition) is 3. The molecule has 0 unspecified atom stereocenters. The SMILES string of the molecule is COc1ccc(C(=O)CC(C)(C)C(=O)O)cc1C. The minimum absolute atomic E-state index is 0.0197. The summed E-state index contributed by atoms with van der Waals surface area (Å²) >= 11 is 0. The van der Waals surface area contributed by atoms with Gasteiger partial charge in [-0.2, -0.15) is 0 Å². The number of carboxylic acids is 1. The van der Waals surface area contributed by atoms with Gasteiger partial charge in [0.2, 0.25) is 0 Å². The second kappa shape index (κ2) is 5.21. The maximum Gasteiger partial charge on any atom is 0.309 e. The molecule has 0 aliphatic heterocycles. The molecule has 1 N–H and O–H groups in total. The first kappa shape index (κ1) is 14.2. The Morgan fingerprint density at radius 1 is 1.33 bits per heavy atom. The summed E-state index contributed by atoms with van der Waals surface area (Å²) in [4.78, 5) is 23.0. The van der Waals surface area contributed by atoms with Gasteiger partial charge in [0.25, 0.3) is 0 Å². The molecule has 4 nitrogen and oxygen atoms in total. The molecule has 4 heteroatoms. The van der Waals surface area contributed by atoms with E-state index in [2.05, 4.69) is 0 Å². The number of methoxy groups -OCH3 is 1. The zero-order valence-electron chi connectivity index (χ0n) is 11.1. The topological polar surface area (TPSA) is 63.6 Å². The van der Waals surface area contributed by atoms with Crippen molar-refractivity contribution >= 4 is 11.8 Å². The molecule has 0 spiro atoms. The lowest BCUT2D eigenvalue weighted by molar-refractivity contribution is -0.146. The average Bonchev–Trinajstić information content (AvgIpc) is 2.28. The number of carboxylic acid groups (broad SMARTS) is 1. The number of rotatable bonds is 5. The van der Waals surface area contributed by atoms with Gasteiger partial charge in [-0.05, 0) is 44.5 Å². The van der Waals surface area contributed by atoms with Crippen LogP contribution in [0.5, 0.6) is 5.75 Å². The van der Waals surface area contributed by atoms with Crippen LogP contribution < -0.4 is 4.74 Å². The van der Waals surface area contributed by atoms with Crippen LogP contribution in [-0.2, 0) is 4.79 Å². The third kappa shape index (κ3) is 3.09. The van der Waals surface area contributed by atoms with Crippen LogP contribution in [0.1, 0.15) is 36.2 Å². The minimum atomic E-state index is -1.05. The van der Waals surface area contributed by atoms with Gasteiger partial charge in [-0.15, -0.1) is 0 Å². The van der Waals surface area contributed by atoms with Crippen molar-refractivity contribution < 1.29 is 19.4 Å². The normalized spacial score (nSPS) is 11.1. The number of carbonyl (C=O) groups is 2. The molecule has 0 aliphatic carbocycles. The fourth-order valence-electron chi connectivity index (χ4n) is 1.63. The molecule has 0 bridgehead atoms. The van der Waals surface area contributed by atoms with Crippen LogP contribution >= 0.6 is 0 Å². The fourth-order valence-corrected chi connectivity index (χ4v) is 1.63. The summed E-state index contributed by atoms with van der Waals surface area (Å²) < 4.78 is 5.11. The van der Waals surface area contributed by atoms with Crippen molar-refractivity contribution in [2.45, 2.75) is 27.2 Å². The second-order valence-corrected chi connectivity index (χ2v) is 4.97. The molecule has 0 aromatic heterocycles. The Hall–Kier alpha value is -1.84. The monoisotopic (exact) mass is 250 g/mol. The van der Waals surface area contributed by atoms with Crippen molar-refractivity contribution in [2.24, 2.45) is 5.41 Å². The molecule has 0 aliphatic rings. The first-order valence-electron chi connectivity index (χ1n) is 5.69. The summed E-state index contributed by atoms with van der Waals surface area (Å²) in [7, 11) is 1.57. The first-order chi connectivity index (χ1) is 8.27. The lowest BCUT2D eigenvalue weighted by Crippen LogP contribution is -2.27. The van der Waals surface area contributed by atoms with Crippen molar-refractivity contribution in [1.82, 2.24) is 0 Å². The Morgan fingerprint density at radius 2 is 1.94 bits per heavy atom. The zero-order chi connectivity index (χ0) is 13.9. The number of aliphatic carboxylic acids is 1. The van der Waals surface area contributed by atoms with E-state index >= 15 is 0 Å². The molecule has 0 atom stereocenters. The highest BCUT2D eigenvalue weighted by atomic mass is 16.5. The molecule has 0 saturated carbocycles. The van der Waals surface area contributed by atoms with Gasteiger partial charge in [-0.25, -0.2) is 0 Å². The number of hydrogen-bond donors (Lipinski definition) is 1. The molecule has 0 heterocycles. The third-order valence-electron chi connectivity index (χ3n) is 2.90. The molecule has 1 aromatic rings. The van der Waals surface area contributed by atoms with Crippen LogP contribution in [0.3, 0.4) is 0 Å². The molecule has 1 rings (SSSR count). The molecule has 98 valence electrons. The zero-order valence-corrected chi connectivity index (χ0v) is 11.1. The fraction of sp³-hybridized carbons (Fsp3) is 0.429. The second-order valence-electron chi connectivity index (χ2n) is 4.97. The molecule has 0 saturated heterocycles. The van der Waals surface area contributed by atoms with Crippen molar-refractivity contribution in [3.8, 4) is 5.75 Å². The molecule has 0 amide bonds. The largest absolute Gasteiger partial charge is 0.496 e. The Morgan fingerprint density at radius 3 is 2.39 bits per heavy atom. The van der Waals surface area contributed by atoms with E-state index in [9.17, 15) is 9.59 Å². The van der Waals surface area contributed by atoms with Gasteiger partial charge in [-0.3, -0.25) is 9.59 Å². The van der Waals surface area contributed by atoms with Crippen molar-refractivity contribution in [2.75, 3.05) is 7.11 Å². The van der Waals surface area contributed by atoms with E-state index in [1.54, 1.807) is 39.2 Å². The predicted octanol–water partition coefficient (Wildman–Crippen LogP) is 2.69. The minimum Gasteiger partial charge on any atom is -0.496 e. The lowest BCUT2D eigenvalue weighted by atomic mass is 9.85. The number of carbonyl (C=O) groups excluding carboxylic acids is 1. The molecular formula is C14H18O4. The number of Topliss-reactive ketones (excluding diaryl/α,β-unsaturated/α-hetero) is 1. The van der Waals surface area contributed by atoms with Crippen molar-refractivity contribution in [3.05, 3.63) is 29.3 Å². The molecule has 1 aromatic carbocycles. The Labute approximate surface area is 107 Å². The molecule has 0 radical (unpaired) electrons. The van der Waals surface area contributed by atoms with Gasteiger partial charge < -0.3 is 9.84 Å². The van der Waals surface area contributed by atoms with Crippen LogP contribution in [0.4, 0.5) is 0 Å². The number of ketones is 1. The molecular weight excluding hydrogens is 232 g/mol.